The van der Waals surface area contributed by atoms with Gasteiger partial charge < -0.3 is 0 Å². The van der Waals surface area contributed by atoms with Gasteiger partial charge in [0.05, 0.1) is 11.9 Å². The number of aryl methyl sites for hydroxylation is 2. The quantitative estimate of drug-likeness (QED) is 0.666. The summed E-state index contributed by atoms with van der Waals surface area (Å²) in [6.07, 6.45) is 3.99. The highest BCUT2D eigenvalue weighted by atomic mass is 15.3. The van der Waals surface area contributed by atoms with Gasteiger partial charge in [-0.3, -0.25) is 0 Å². The molecule has 3 aromatic rings. The van der Waals surface area contributed by atoms with Crippen LogP contribution in [0.4, 0.5) is 0 Å². The molecule has 0 aliphatic carbocycles. The molecule has 2 nitrogen and oxygen atoms in total. The van der Waals surface area contributed by atoms with Gasteiger partial charge in [0.2, 0.25) is 0 Å². The summed E-state index contributed by atoms with van der Waals surface area (Å²) in [5, 5.41) is 4.46. The van der Waals surface area contributed by atoms with Crippen molar-refractivity contribution in [2.24, 2.45) is 0 Å². The second-order valence-electron chi connectivity index (χ2n) is 4.83. The lowest BCUT2D eigenvalue weighted by molar-refractivity contribution is 0.873. The fourth-order valence-electron chi connectivity index (χ4n) is 2.17. The SMILES string of the molecule is Cc1ccc(-c2cnn(-c3ccccc3C)c2)cc1. The number of benzene rings is 2. The van der Waals surface area contributed by atoms with Crippen LogP contribution in [0.25, 0.3) is 16.8 Å². The number of hydrogen-bond donors (Lipinski definition) is 0. The van der Waals surface area contributed by atoms with Crippen LogP contribution in [0.2, 0.25) is 0 Å². The largest absolute Gasteiger partial charge is 0.240 e. The zero-order valence-electron chi connectivity index (χ0n) is 11.2. The Morgan fingerprint density at radius 3 is 2.32 bits per heavy atom. The molecule has 0 spiro atoms. The molecule has 0 fully saturated rings. The maximum Gasteiger partial charge on any atom is 0.0674 e. The van der Waals surface area contributed by atoms with Crippen LogP contribution in [0.15, 0.2) is 60.9 Å². The van der Waals surface area contributed by atoms with Crippen molar-refractivity contribution in [1.29, 1.82) is 0 Å². The number of aromatic nitrogens is 2. The second-order valence-corrected chi connectivity index (χ2v) is 4.83. The lowest BCUT2D eigenvalue weighted by atomic mass is 10.1. The van der Waals surface area contributed by atoms with E-state index in [0.29, 0.717) is 0 Å². The molecule has 3 rings (SSSR count). The molecule has 0 aliphatic heterocycles. The highest BCUT2D eigenvalue weighted by Gasteiger charge is 2.04. The molecule has 94 valence electrons. The first-order chi connectivity index (χ1) is 9.24. The van der Waals surface area contributed by atoms with E-state index >= 15 is 0 Å². The Balaban J connectivity index is 2.00. The Labute approximate surface area is 113 Å². The van der Waals surface area contributed by atoms with Crippen LogP contribution in [0.5, 0.6) is 0 Å². The molecule has 0 atom stereocenters. The van der Waals surface area contributed by atoms with Gasteiger partial charge in [-0.25, -0.2) is 4.68 Å². The zero-order valence-corrected chi connectivity index (χ0v) is 11.2. The molecule has 2 aromatic carbocycles. The average molecular weight is 248 g/mol. The molecule has 1 heterocycles. The third kappa shape index (κ3) is 2.29. The molecule has 0 saturated heterocycles. The van der Waals surface area contributed by atoms with E-state index in [1.54, 1.807) is 0 Å². The van der Waals surface area contributed by atoms with E-state index in [4.69, 9.17) is 0 Å². The monoisotopic (exact) mass is 248 g/mol. The molecule has 19 heavy (non-hydrogen) atoms. The zero-order chi connectivity index (χ0) is 13.2. The molecule has 0 radical (unpaired) electrons. The van der Waals surface area contributed by atoms with E-state index in [-0.39, 0.29) is 0 Å². The van der Waals surface area contributed by atoms with Crippen molar-refractivity contribution in [2.75, 3.05) is 0 Å². The van der Waals surface area contributed by atoms with Gasteiger partial charge in [-0.05, 0) is 31.0 Å². The Bertz CT molecular complexity index is 693. The van der Waals surface area contributed by atoms with E-state index in [9.17, 15) is 0 Å². The summed E-state index contributed by atoms with van der Waals surface area (Å²) in [5.74, 6) is 0. The van der Waals surface area contributed by atoms with Gasteiger partial charge in [0.1, 0.15) is 0 Å². The van der Waals surface area contributed by atoms with Crippen molar-refractivity contribution in [1.82, 2.24) is 9.78 Å². The first-order valence-corrected chi connectivity index (χ1v) is 6.42. The highest BCUT2D eigenvalue weighted by molar-refractivity contribution is 5.62. The Kier molecular flexibility index (Phi) is 2.92. The number of para-hydroxylation sites is 1. The normalized spacial score (nSPS) is 10.6. The van der Waals surface area contributed by atoms with Crippen molar-refractivity contribution < 1.29 is 0 Å². The molecule has 0 unspecified atom stereocenters. The summed E-state index contributed by atoms with van der Waals surface area (Å²) < 4.78 is 1.94. The van der Waals surface area contributed by atoms with Crippen LogP contribution in [0.3, 0.4) is 0 Å². The molecular formula is C17H16N2. The maximum absolute atomic E-state index is 4.46. The minimum Gasteiger partial charge on any atom is -0.240 e. The molecule has 2 heteroatoms. The third-order valence-corrected chi connectivity index (χ3v) is 3.33. The van der Waals surface area contributed by atoms with E-state index in [1.165, 1.54) is 16.7 Å². The molecule has 0 aliphatic rings. The van der Waals surface area contributed by atoms with E-state index in [1.807, 2.05) is 23.0 Å². The van der Waals surface area contributed by atoms with Crippen molar-refractivity contribution in [2.45, 2.75) is 13.8 Å². The van der Waals surface area contributed by atoms with Crippen molar-refractivity contribution in [3.05, 3.63) is 72.1 Å². The lowest BCUT2D eigenvalue weighted by Gasteiger charge is -2.04. The van der Waals surface area contributed by atoms with Gasteiger partial charge in [0.15, 0.2) is 0 Å². The van der Waals surface area contributed by atoms with Crippen LogP contribution in [0, 0.1) is 13.8 Å². The summed E-state index contributed by atoms with van der Waals surface area (Å²) in [4.78, 5) is 0. The first-order valence-electron chi connectivity index (χ1n) is 6.42. The first kappa shape index (κ1) is 11.7. The number of hydrogen-bond acceptors (Lipinski definition) is 1. The molecule has 0 amide bonds. The smallest absolute Gasteiger partial charge is 0.0674 e. The van der Waals surface area contributed by atoms with Crippen LogP contribution < -0.4 is 0 Å². The van der Waals surface area contributed by atoms with Gasteiger partial charge in [-0.1, -0.05) is 48.0 Å². The van der Waals surface area contributed by atoms with Crippen LogP contribution in [-0.4, -0.2) is 9.78 Å². The maximum atomic E-state index is 4.46. The fraction of sp³-hybridized carbons (Fsp3) is 0.118. The van der Waals surface area contributed by atoms with Crippen LogP contribution in [-0.2, 0) is 0 Å². The Hall–Kier alpha value is -2.35. The summed E-state index contributed by atoms with van der Waals surface area (Å²) in [5.41, 5.74) is 5.96. The molecule has 0 saturated carbocycles. The van der Waals surface area contributed by atoms with Gasteiger partial charge in [0.25, 0.3) is 0 Å². The van der Waals surface area contributed by atoms with Crippen molar-refractivity contribution >= 4 is 0 Å². The molecule has 0 N–H and O–H groups in total. The average Bonchev–Trinajstić information content (AvgIpc) is 2.89. The number of rotatable bonds is 2. The topological polar surface area (TPSA) is 17.8 Å². The predicted octanol–water partition coefficient (Wildman–Crippen LogP) is 4.16. The molecule has 1 aromatic heterocycles. The van der Waals surface area contributed by atoms with E-state index in [0.717, 1.165) is 11.3 Å². The van der Waals surface area contributed by atoms with Crippen LogP contribution in [0.1, 0.15) is 11.1 Å². The summed E-state index contributed by atoms with van der Waals surface area (Å²) in [6, 6.07) is 16.8. The lowest BCUT2D eigenvalue weighted by Crippen LogP contribution is -1.96. The molecular weight excluding hydrogens is 232 g/mol. The molecule has 0 bridgehead atoms. The van der Waals surface area contributed by atoms with Crippen molar-refractivity contribution in [3.63, 3.8) is 0 Å². The minimum atomic E-state index is 1.13. The highest BCUT2D eigenvalue weighted by Crippen LogP contribution is 2.21. The summed E-state index contributed by atoms with van der Waals surface area (Å²) in [7, 11) is 0. The Morgan fingerprint density at radius 1 is 0.842 bits per heavy atom. The second kappa shape index (κ2) is 4.73. The Morgan fingerprint density at radius 2 is 1.58 bits per heavy atom. The third-order valence-electron chi connectivity index (χ3n) is 3.33. The fourth-order valence-corrected chi connectivity index (χ4v) is 2.17. The van der Waals surface area contributed by atoms with Crippen LogP contribution >= 0.6 is 0 Å². The van der Waals surface area contributed by atoms with Gasteiger partial charge >= 0.3 is 0 Å². The van der Waals surface area contributed by atoms with E-state index < -0.39 is 0 Å². The standard InChI is InChI=1S/C17H16N2/c1-13-7-9-15(10-8-13)16-11-18-19(12-16)17-6-4-3-5-14(17)2/h3-12H,1-2H3. The predicted molar refractivity (Wildman–Crippen MR) is 78.5 cm³/mol. The van der Waals surface area contributed by atoms with E-state index in [2.05, 4.69) is 61.5 Å². The van der Waals surface area contributed by atoms with Gasteiger partial charge in [-0.2, -0.15) is 5.10 Å². The summed E-state index contributed by atoms with van der Waals surface area (Å²) in [6.45, 7) is 4.20. The van der Waals surface area contributed by atoms with Gasteiger partial charge in [-0.15, -0.1) is 0 Å². The van der Waals surface area contributed by atoms with Gasteiger partial charge in [0, 0.05) is 11.8 Å². The summed E-state index contributed by atoms with van der Waals surface area (Å²) >= 11 is 0. The van der Waals surface area contributed by atoms with Crippen molar-refractivity contribution in [3.8, 4) is 16.8 Å². The number of nitrogens with zero attached hydrogens (tertiary/aromatic N) is 2. The minimum absolute atomic E-state index is 1.13.